The zero-order valence-corrected chi connectivity index (χ0v) is 17.1. The molecule has 30 heavy (non-hydrogen) atoms. The molecule has 0 atom stereocenters. The lowest BCUT2D eigenvalue weighted by Gasteiger charge is -2.14. The van der Waals surface area contributed by atoms with E-state index in [0.29, 0.717) is 29.7 Å². The number of fused-ring (bicyclic) bond motifs is 3. The fourth-order valence-electron chi connectivity index (χ4n) is 3.56. The predicted molar refractivity (Wildman–Crippen MR) is 116 cm³/mol. The normalized spacial score (nSPS) is 11.1. The average Bonchev–Trinajstić information content (AvgIpc) is 3.27. The topological polar surface area (TPSA) is 77.6 Å². The van der Waals surface area contributed by atoms with Crippen LogP contribution in [0.4, 0.5) is 0 Å². The summed E-state index contributed by atoms with van der Waals surface area (Å²) in [6, 6.07) is 14.7. The second-order valence-corrected chi connectivity index (χ2v) is 7.18. The summed E-state index contributed by atoms with van der Waals surface area (Å²) >= 11 is 0. The lowest BCUT2D eigenvalue weighted by molar-refractivity contribution is 0.0953. The van der Waals surface area contributed by atoms with Gasteiger partial charge in [0.1, 0.15) is 11.3 Å². The monoisotopic (exact) mass is 404 g/mol. The first-order valence-electron chi connectivity index (χ1n) is 10.0. The molecule has 0 saturated heterocycles. The van der Waals surface area contributed by atoms with Crippen molar-refractivity contribution in [2.75, 3.05) is 13.7 Å². The van der Waals surface area contributed by atoms with E-state index in [1.54, 1.807) is 40.6 Å². The molecule has 4 aromatic rings. The van der Waals surface area contributed by atoms with Gasteiger partial charge in [0, 0.05) is 12.1 Å². The first-order chi connectivity index (χ1) is 14.6. The molecular formula is C23H24N4O3. The van der Waals surface area contributed by atoms with Crippen molar-refractivity contribution in [3.05, 3.63) is 76.2 Å². The second-order valence-electron chi connectivity index (χ2n) is 7.18. The highest BCUT2D eigenvalue weighted by Crippen LogP contribution is 2.19. The van der Waals surface area contributed by atoms with Gasteiger partial charge in [-0.3, -0.25) is 9.59 Å². The minimum absolute atomic E-state index is 0.147. The van der Waals surface area contributed by atoms with Crippen LogP contribution in [0.2, 0.25) is 0 Å². The van der Waals surface area contributed by atoms with Crippen LogP contribution < -0.4 is 15.6 Å². The number of carbonyl (C=O) groups excluding carboxylic acids is 1. The van der Waals surface area contributed by atoms with Crippen molar-refractivity contribution in [2.24, 2.45) is 0 Å². The molecule has 0 aliphatic carbocycles. The molecule has 1 amide bonds. The summed E-state index contributed by atoms with van der Waals surface area (Å²) in [6.07, 6.45) is 3.54. The zero-order chi connectivity index (χ0) is 21.1. The molecular weight excluding hydrogens is 380 g/mol. The third-order valence-electron chi connectivity index (χ3n) is 5.15. The number of hydrogen-bond acceptors (Lipinski definition) is 4. The van der Waals surface area contributed by atoms with E-state index < -0.39 is 0 Å². The maximum Gasteiger partial charge on any atom is 0.277 e. The Hall–Kier alpha value is -3.61. The molecule has 2 aromatic carbocycles. The standard InChI is InChI=1S/C23H24N4O3/c1-3-4-11-24-22(28)17-8-9-19-21(14-17)26(23(29)20-10-12-25-27(19)20)15-16-6-5-7-18(13-16)30-2/h5-10,12-14H,3-4,11,15H2,1-2H3,(H,24,28). The summed E-state index contributed by atoms with van der Waals surface area (Å²) in [4.78, 5) is 25.8. The van der Waals surface area contributed by atoms with Crippen LogP contribution >= 0.6 is 0 Å². The van der Waals surface area contributed by atoms with Crippen LogP contribution in [-0.2, 0) is 6.54 Å². The van der Waals surface area contributed by atoms with E-state index in [0.717, 1.165) is 29.7 Å². The van der Waals surface area contributed by atoms with Gasteiger partial charge in [-0.15, -0.1) is 0 Å². The highest BCUT2D eigenvalue weighted by molar-refractivity contribution is 5.97. The Morgan fingerprint density at radius 1 is 1.10 bits per heavy atom. The van der Waals surface area contributed by atoms with E-state index >= 15 is 0 Å². The minimum atomic E-state index is -0.161. The second kappa shape index (κ2) is 8.41. The third kappa shape index (κ3) is 3.66. The fourth-order valence-corrected chi connectivity index (χ4v) is 3.56. The van der Waals surface area contributed by atoms with Gasteiger partial charge < -0.3 is 14.6 Å². The Labute approximate surface area is 173 Å². The fraction of sp³-hybridized carbons (Fsp3) is 0.261. The van der Waals surface area contributed by atoms with E-state index in [4.69, 9.17) is 4.74 Å². The van der Waals surface area contributed by atoms with Gasteiger partial charge in [-0.2, -0.15) is 5.10 Å². The van der Waals surface area contributed by atoms with Crippen LogP contribution in [-0.4, -0.2) is 33.7 Å². The number of nitrogens with one attached hydrogen (secondary N) is 1. The van der Waals surface area contributed by atoms with Crippen molar-refractivity contribution in [1.29, 1.82) is 0 Å². The van der Waals surface area contributed by atoms with Crippen molar-refractivity contribution in [1.82, 2.24) is 19.5 Å². The smallest absolute Gasteiger partial charge is 0.277 e. The number of methoxy groups -OCH3 is 1. The number of rotatable bonds is 7. The first-order valence-corrected chi connectivity index (χ1v) is 10.0. The van der Waals surface area contributed by atoms with E-state index in [1.807, 2.05) is 30.3 Å². The first kappa shape index (κ1) is 19.7. The predicted octanol–water partition coefficient (Wildman–Crippen LogP) is 3.24. The Morgan fingerprint density at radius 3 is 2.77 bits per heavy atom. The van der Waals surface area contributed by atoms with Crippen LogP contribution in [0.15, 0.2) is 59.5 Å². The molecule has 0 unspecified atom stereocenters. The van der Waals surface area contributed by atoms with Crippen LogP contribution in [0, 0.1) is 0 Å². The van der Waals surface area contributed by atoms with Gasteiger partial charge in [0.2, 0.25) is 0 Å². The third-order valence-corrected chi connectivity index (χ3v) is 5.15. The van der Waals surface area contributed by atoms with Crippen LogP contribution in [0.1, 0.15) is 35.7 Å². The number of hydrogen-bond donors (Lipinski definition) is 1. The van der Waals surface area contributed by atoms with E-state index in [2.05, 4.69) is 17.3 Å². The van der Waals surface area contributed by atoms with Gasteiger partial charge in [-0.25, -0.2) is 4.52 Å². The Bertz CT molecular complexity index is 1270. The molecule has 154 valence electrons. The molecule has 0 radical (unpaired) electrons. The molecule has 2 aromatic heterocycles. The molecule has 0 saturated carbocycles. The van der Waals surface area contributed by atoms with Gasteiger partial charge in [-0.05, 0) is 48.4 Å². The number of aromatic nitrogens is 3. The summed E-state index contributed by atoms with van der Waals surface area (Å²) in [5.41, 5.74) is 3.20. The maximum atomic E-state index is 13.2. The lowest BCUT2D eigenvalue weighted by Crippen LogP contribution is -2.26. The molecule has 0 spiro atoms. The minimum Gasteiger partial charge on any atom is -0.497 e. The maximum absolute atomic E-state index is 13.2. The number of carbonyl (C=O) groups is 1. The van der Waals surface area contributed by atoms with Crippen molar-refractivity contribution < 1.29 is 9.53 Å². The summed E-state index contributed by atoms with van der Waals surface area (Å²) in [5.74, 6) is 0.581. The average molecular weight is 404 g/mol. The number of benzene rings is 2. The van der Waals surface area contributed by atoms with Crippen molar-refractivity contribution >= 4 is 22.5 Å². The Balaban J connectivity index is 1.85. The van der Waals surface area contributed by atoms with Crippen LogP contribution in [0.5, 0.6) is 5.75 Å². The van der Waals surface area contributed by atoms with Crippen molar-refractivity contribution in [3.8, 4) is 5.75 Å². The summed E-state index contributed by atoms with van der Waals surface area (Å²) in [6.45, 7) is 3.06. The molecule has 1 N–H and O–H groups in total. The molecule has 0 aliphatic rings. The highest BCUT2D eigenvalue weighted by atomic mass is 16.5. The number of nitrogens with zero attached hydrogens (tertiary/aromatic N) is 3. The Morgan fingerprint density at radius 2 is 1.97 bits per heavy atom. The zero-order valence-electron chi connectivity index (χ0n) is 17.1. The molecule has 2 heterocycles. The molecule has 0 aliphatic heterocycles. The molecule has 7 heteroatoms. The molecule has 7 nitrogen and oxygen atoms in total. The quantitative estimate of drug-likeness (QED) is 0.480. The summed E-state index contributed by atoms with van der Waals surface area (Å²) < 4.78 is 8.62. The van der Waals surface area contributed by atoms with Crippen LogP contribution in [0.25, 0.3) is 16.6 Å². The molecule has 0 bridgehead atoms. The Kier molecular flexibility index (Phi) is 5.52. The summed E-state index contributed by atoms with van der Waals surface area (Å²) in [5, 5.41) is 7.23. The van der Waals surface area contributed by atoms with E-state index in [9.17, 15) is 9.59 Å². The van der Waals surface area contributed by atoms with Crippen molar-refractivity contribution in [2.45, 2.75) is 26.3 Å². The number of ether oxygens (including phenoxy) is 1. The summed E-state index contributed by atoms with van der Waals surface area (Å²) in [7, 11) is 1.61. The number of unbranched alkanes of at least 4 members (excludes halogenated alkanes) is 1. The van der Waals surface area contributed by atoms with Crippen LogP contribution in [0.3, 0.4) is 0 Å². The van der Waals surface area contributed by atoms with Gasteiger partial charge in [-0.1, -0.05) is 25.5 Å². The highest BCUT2D eigenvalue weighted by Gasteiger charge is 2.15. The SMILES string of the molecule is CCCCNC(=O)c1ccc2c(c1)n(Cc1cccc(OC)c1)c(=O)c1ccnn12. The molecule has 0 fully saturated rings. The van der Waals surface area contributed by atoms with E-state index in [-0.39, 0.29) is 11.5 Å². The van der Waals surface area contributed by atoms with Gasteiger partial charge in [0.15, 0.2) is 0 Å². The lowest BCUT2D eigenvalue weighted by atomic mass is 10.1. The molecule has 4 rings (SSSR count). The number of amides is 1. The van der Waals surface area contributed by atoms with Gasteiger partial charge in [0.05, 0.1) is 30.9 Å². The van der Waals surface area contributed by atoms with E-state index in [1.165, 1.54) is 0 Å². The van der Waals surface area contributed by atoms with Gasteiger partial charge >= 0.3 is 0 Å². The van der Waals surface area contributed by atoms with Gasteiger partial charge in [0.25, 0.3) is 11.5 Å². The largest absolute Gasteiger partial charge is 0.497 e. The van der Waals surface area contributed by atoms with Crippen molar-refractivity contribution in [3.63, 3.8) is 0 Å².